The smallest absolute Gasteiger partial charge is 0.250 e. The molecule has 1 aliphatic rings. The van der Waals surface area contributed by atoms with Crippen molar-refractivity contribution >= 4 is 23.4 Å². The zero-order valence-corrected chi connectivity index (χ0v) is 9.49. The quantitative estimate of drug-likeness (QED) is 0.793. The predicted octanol–water partition coefficient (Wildman–Crippen LogP) is 0.969. The number of hydrogen-bond donors (Lipinski definition) is 1. The van der Waals surface area contributed by atoms with E-state index in [1.165, 1.54) is 4.90 Å². The standard InChI is InChI=1S/C11H11ClN2O2/c1-14-6-9(15)13-10(11(14)16)7-2-4-8(12)5-3-7/h2-5,10H,6H2,1H3,(H,13,15). The van der Waals surface area contributed by atoms with Crippen LogP contribution in [0.4, 0.5) is 0 Å². The van der Waals surface area contributed by atoms with Crippen LogP contribution in [0.1, 0.15) is 11.6 Å². The van der Waals surface area contributed by atoms with Crippen molar-refractivity contribution in [2.45, 2.75) is 6.04 Å². The van der Waals surface area contributed by atoms with Gasteiger partial charge in [-0.1, -0.05) is 23.7 Å². The van der Waals surface area contributed by atoms with Crippen molar-refractivity contribution < 1.29 is 9.59 Å². The molecule has 2 amide bonds. The van der Waals surface area contributed by atoms with E-state index in [0.29, 0.717) is 5.02 Å². The van der Waals surface area contributed by atoms with Gasteiger partial charge >= 0.3 is 0 Å². The average molecular weight is 239 g/mol. The van der Waals surface area contributed by atoms with Crippen molar-refractivity contribution in [3.8, 4) is 0 Å². The SMILES string of the molecule is CN1CC(=O)NC(c2ccc(Cl)cc2)C1=O. The van der Waals surface area contributed by atoms with E-state index in [1.54, 1.807) is 31.3 Å². The number of benzene rings is 1. The van der Waals surface area contributed by atoms with Gasteiger partial charge in [-0.3, -0.25) is 9.59 Å². The second kappa shape index (κ2) is 4.14. The molecule has 1 aromatic carbocycles. The summed E-state index contributed by atoms with van der Waals surface area (Å²) in [5.74, 6) is -0.260. The van der Waals surface area contributed by atoms with Crippen LogP contribution in [-0.2, 0) is 9.59 Å². The molecule has 16 heavy (non-hydrogen) atoms. The van der Waals surface area contributed by atoms with Crippen molar-refractivity contribution in [1.29, 1.82) is 0 Å². The van der Waals surface area contributed by atoms with Crippen LogP contribution in [0.3, 0.4) is 0 Å². The first-order valence-electron chi connectivity index (χ1n) is 4.88. The number of amides is 2. The minimum atomic E-state index is -0.594. The Labute approximate surface area is 98.2 Å². The van der Waals surface area contributed by atoms with Crippen LogP contribution in [-0.4, -0.2) is 30.3 Å². The molecule has 0 aromatic heterocycles. The van der Waals surface area contributed by atoms with Crippen LogP contribution in [0, 0.1) is 0 Å². The summed E-state index contributed by atoms with van der Waals surface area (Å²) < 4.78 is 0. The highest BCUT2D eigenvalue weighted by Crippen LogP contribution is 2.20. The molecule has 1 unspecified atom stereocenters. The van der Waals surface area contributed by atoms with E-state index in [0.717, 1.165) is 5.56 Å². The van der Waals surface area contributed by atoms with E-state index >= 15 is 0 Å². The third-order valence-electron chi connectivity index (χ3n) is 2.51. The van der Waals surface area contributed by atoms with Gasteiger partial charge in [0.2, 0.25) is 11.8 Å². The van der Waals surface area contributed by atoms with Gasteiger partial charge in [-0.2, -0.15) is 0 Å². The van der Waals surface area contributed by atoms with E-state index < -0.39 is 6.04 Å². The Morgan fingerprint density at radius 2 is 1.94 bits per heavy atom. The highest BCUT2D eigenvalue weighted by atomic mass is 35.5. The summed E-state index contributed by atoms with van der Waals surface area (Å²) >= 11 is 5.76. The topological polar surface area (TPSA) is 49.4 Å². The van der Waals surface area contributed by atoms with Crippen LogP contribution in [0.2, 0.25) is 5.02 Å². The Kier molecular flexibility index (Phi) is 2.83. The van der Waals surface area contributed by atoms with Crippen LogP contribution in [0.15, 0.2) is 24.3 Å². The van der Waals surface area contributed by atoms with Gasteiger partial charge < -0.3 is 10.2 Å². The number of nitrogens with zero attached hydrogens (tertiary/aromatic N) is 1. The minimum Gasteiger partial charge on any atom is -0.339 e. The Morgan fingerprint density at radius 3 is 2.56 bits per heavy atom. The van der Waals surface area contributed by atoms with Gasteiger partial charge in [0.05, 0.1) is 6.54 Å². The minimum absolute atomic E-state index is 0.109. The fourth-order valence-corrected chi connectivity index (χ4v) is 1.79. The maximum Gasteiger partial charge on any atom is 0.250 e. The van der Waals surface area contributed by atoms with E-state index in [2.05, 4.69) is 5.32 Å². The summed E-state index contributed by atoms with van der Waals surface area (Å²) in [5.41, 5.74) is 0.745. The lowest BCUT2D eigenvalue weighted by Gasteiger charge is -2.29. The molecule has 1 aliphatic heterocycles. The van der Waals surface area contributed by atoms with Crippen LogP contribution >= 0.6 is 11.6 Å². The normalized spacial score (nSPS) is 20.9. The monoisotopic (exact) mass is 238 g/mol. The molecule has 1 atom stereocenters. The first-order valence-corrected chi connectivity index (χ1v) is 5.25. The second-order valence-electron chi connectivity index (χ2n) is 3.75. The number of carbonyl (C=O) groups excluding carboxylic acids is 2. The fourth-order valence-electron chi connectivity index (χ4n) is 1.66. The number of hydrogen-bond acceptors (Lipinski definition) is 2. The molecule has 1 fully saturated rings. The summed E-state index contributed by atoms with van der Waals surface area (Å²) in [6, 6.07) is 6.29. The molecule has 0 bridgehead atoms. The van der Waals surface area contributed by atoms with E-state index in [9.17, 15) is 9.59 Å². The zero-order chi connectivity index (χ0) is 11.7. The average Bonchev–Trinajstić information content (AvgIpc) is 2.25. The summed E-state index contributed by atoms with van der Waals surface area (Å²) in [5, 5.41) is 3.26. The largest absolute Gasteiger partial charge is 0.339 e. The highest BCUT2D eigenvalue weighted by molar-refractivity contribution is 6.30. The predicted molar refractivity (Wildman–Crippen MR) is 60.0 cm³/mol. The Morgan fingerprint density at radius 1 is 1.31 bits per heavy atom. The molecule has 1 N–H and O–H groups in total. The molecule has 4 nitrogen and oxygen atoms in total. The van der Waals surface area contributed by atoms with Crippen molar-refractivity contribution in [1.82, 2.24) is 10.2 Å². The van der Waals surface area contributed by atoms with Crippen molar-refractivity contribution in [2.75, 3.05) is 13.6 Å². The summed E-state index contributed by atoms with van der Waals surface area (Å²) in [6.45, 7) is 0.114. The molecule has 0 saturated carbocycles. The number of nitrogens with one attached hydrogen (secondary N) is 1. The van der Waals surface area contributed by atoms with Crippen molar-refractivity contribution in [2.24, 2.45) is 0 Å². The molecule has 1 heterocycles. The van der Waals surface area contributed by atoms with Gasteiger partial charge in [-0.15, -0.1) is 0 Å². The molecule has 0 spiro atoms. The summed E-state index contributed by atoms with van der Waals surface area (Å²) in [7, 11) is 1.62. The molecule has 1 aromatic rings. The van der Waals surface area contributed by atoms with Crippen LogP contribution in [0.25, 0.3) is 0 Å². The molecule has 1 saturated heterocycles. The Bertz CT molecular complexity index is 430. The van der Waals surface area contributed by atoms with Gasteiger partial charge in [0.15, 0.2) is 0 Å². The van der Waals surface area contributed by atoms with E-state index in [-0.39, 0.29) is 18.4 Å². The van der Waals surface area contributed by atoms with Crippen molar-refractivity contribution in [3.63, 3.8) is 0 Å². The van der Waals surface area contributed by atoms with Gasteiger partial charge in [0.25, 0.3) is 0 Å². The zero-order valence-electron chi connectivity index (χ0n) is 8.74. The lowest BCUT2D eigenvalue weighted by atomic mass is 10.0. The number of halogens is 1. The van der Waals surface area contributed by atoms with Crippen LogP contribution in [0.5, 0.6) is 0 Å². The summed E-state index contributed by atoms with van der Waals surface area (Å²) in [6.07, 6.45) is 0. The first kappa shape index (κ1) is 11.0. The summed E-state index contributed by atoms with van der Waals surface area (Å²) in [4.78, 5) is 24.6. The van der Waals surface area contributed by atoms with Gasteiger partial charge in [-0.25, -0.2) is 0 Å². The van der Waals surface area contributed by atoms with Gasteiger partial charge in [0, 0.05) is 12.1 Å². The lowest BCUT2D eigenvalue weighted by molar-refractivity contribution is -0.143. The number of carbonyl (C=O) groups is 2. The molecule has 0 radical (unpaired) electrons. The fraction of sp³-hybridized carbons (Fsp3) is 0.273. The molecule has 5 heteroatoms. The maximum absolute atomic E-state index is 11.8. The first-order chi connectivity index (χ1) is 7.58. The van der Waals surface area contributed by atoms with E-state index in [1.807, 2.05) is 0 Å². The van der Waals surface area contributed by atoms with E-state index in [4.69, 9.17) is 11.6 Å². The Hall–Kier alpha value is -1.55. The number of rotatable bonds is 1. The second-order valence-corrected chi connectivity index (χ2v) is 4.18. The molecule has 2 rings (SSSR count). The van der Waals surface area contributed by atoms with Crippen LogP contribution < -0.4 is 5.32 Å². The van der Waals surface area contributed by atoms with Gasteiger partial charge in [-0.05, 0) is 17.7 Å². The molecule has 0 aliphatic carbocycles. The van der Waals surface area contributed by atoms with Crippen molar-refractivity contribution in [3.05, 3.63) is 34.9 Å². The number of piperazine rings is 1. The molecular weight excluding hydrogens is 228 g/mol. The maximum atomic E-state index is 11.8. The molecular formula is C11H11ClN2O2. The highest BCUT2D eigenvalue weighted by Gasteiger charge is 2.31. The van der Waals surface area contributed by atoms with Gasteiger partial charge in [0.1, 0.15) is 6.04 Å². The molecule has 84 valence electrons. The Balaban J connectivity index is 2.28. The number of likely N-dealkylation sites (N-methyl/N-ethyl adjacent to an activating group) is 1. The lowest BCUT2D eigenvalue weighted by Crippen LogP contribution is -2.51. The third-order valence-corrected chi connectivity index (χ3v) is 2.76. The third kappa shape index (κ3) is 2.02.